The van der Waals surface area contributed by atoms with Crippen LogP contribution in [0.5, 0.6) is 5.75 Å². The fraction of sp³-hybridized carbons (Fsp3) is 0.385. The number of methoxy groups -OCH3 is 1. The number of carbonyl (C=O) groups is 1. The second-order valence-corrected chi connectivity index (χ2v) is 8.47. The summed E-state index contributed by atoms with van der Waals surface area (Å²) in [5.41, 5.74) is 4.41. The van der Waals surface area contributed by atoms with E-state index in [0.717, 1.165) is 41.2 Å². The number of amides is 1. The molecule has 6 heteroatoms. The van der Waals surface area contributed by atoms with Gasteiger partial charge in [-0.3, -0.25) is 9.89 Å². The molecular weight excluding hydrogens is 400 g/mol. The van der Waals surface area contributed by atoms with Gasteiger partial charge in [-0.1, -0.05) is 30.7 Å². The lowest BCUT2D eigenvalue weighted by Crippen LogP contribution is -2.39. The highest BCUT2D eigenvalue weighted by molar-refractivity contribution is 5.94. The monoisotopic (exact) mass is 432 g/mol. The van der Waals surface area contributed by atoms with Gasteiger partial charge in [-0.15, -0.1) is 0 Å². The molecule has 0 bridgehead atoms. The van der Waals surface area contributed by atoms with E-state index in [-0.39, 0.29) is 5.91 Å². The van der Waals surface area contributed by atoms with Gasteiger partial charge in [-0.25, -0.2) is 0 Å². The van der Waals surface area contributed by atoms with Crippen molar-refractivity contribution in [1.82, 2.24) is 20.4 Å². The Kier molecular flexibility index (Phi) is 7.22. The molecule has 0 radical (unpaired) electrons. The first-order valence-corrected chi connectivity index (χ1v) is 11.5. The topological polar surface area (TPSA) is 70.2 Å². The molecule has 6 nitrogen and oxygen atoms in total. The molecule has 1 aromatic heterocycles. The van der Waals surface area contributed by atoms with E-state index in [9.17, 15) is 4.79 Å². The van der Waals surface area contributed by atoms with Crippen LogP contribution in [-0.4, -0.2) is 53.8 Å². The number of rotatable bonds is 8. The van der Waals surface area contributed by atoms with Gasteiger partial charge < -0.3 is 15.0 Å². The minimum absolute atomic E-state index is 0.0232. The van der Waals surface area contributed by atoms with Gasteiger partial charge in [0, 0.05) is 30.3 Å². The zero-order valence-corrected chi connectivity index (χ0v) is 18.9. The maximum absolute atomic E-state index is 12.5. The van der Waals surface area contributed by atoms with Crippen molar-refractivity contribution in [2.45, 2.75) is 38.6 Å². The van der Waals surface area contributed by atoms with Crippen molar-refractivity contribution in [3.63, 3.8) is 0 Å². The molecular formula is C26H32N4O2. The molecule has 4 rings (SSSR count). The first-order chi connectivity index (χ1) is 15.6. The Morgan fingerprint density at radius 2 is 2.00 bits per heavy atom. The summed E-state index contributed by atoms with van der Waals surface area (Å²) in [5.74, 6) is 0.776. The first kappa shape index (κ1) is 22.1. The highest BCUT2D eigenvalue weighted by atomic mass is 16.5. The van der Waals surface area contributed by atoms with Gasteiger partial charge in [0.2, 0.25) is 0 Å². The van der Waals surface area contributed by atoms with Crippen LogP contribution < -0.4 is 10.1 Å². The van der Waals surface area contributed by atoms with Gasteiger partial charge in [-0.2, -0.15) is 5.10 Å². The molecule has 2 heterocycles. The number of H-pyrrole nitrogens is 1. The smallest absolute Gasteiger partial charge is 0.251 e. The number of aromatic nitrogens is 2. The van der Waals surface area contributed by atoms with Crippen LogP contribution in [0.2, 0.25) is 0 Å². The van der Waals surface area contributed by atoms with Crippen LogP contribution >= 0.6 is 0 Å². The number of likely N-dealkylation sites (tertiary alicyclic amines) is 1. The van der Waals surface area contributed by atoms with Crippen molar-refractivity contribution in [2.24, 2.45) is 0 Å². The molecule has 168 valence electrons. The molecule has 1 aliphatic heterocycles. The van der Waals surface area contributed by atoms with E-state index >= 15 is 0 Å². The number of ether oxygens (including phenoxy) is 1. The minimum atomic E-state index is -0.0232. The van der Waals surface area contributed by atoms with E-state index in [4.69, 9.17) is 4.74 Å². The third-order valence-corrected chi connectivity index (χ3v) is 6.25. The average molecular weight is 433 g/mol. The van der Waals surface area contributed by atoms with Crippen molar-refractivity contribution in [3.05, 3.63) is 60.2 Å². The van der Waals surface area contributed by atoms with Gasteiger partial charge in [0.1, 0.15) is 5.75 Å². The second kappa shape index (κ2) is 10.5. The molecule has 0 saturated carbocycles. The third kappa shape index (κ3) is 5.37. The van der Waals surface area contributed by atoms with Gasteiger partial charge in [0.05, 0.1) is 18.5 Å². The molecule has 1 atom stereocenters. The number of piperidine rings is 1. The molecule has 1 saturated heterocycles. The average Bonchev–Trinajstić information content (AvgIpc) is 3.33. The van der Waals surface area contributed by atoms with E-state index in [1.165, 1.54) is 25.8 Å². The van der Waals surface area contributed by atoms with Crippen molar-refractivity contribution < 1.29 is 9.53 Å². The first-order valence-electron chi connectivity index (χ1n) is 11.5. The van der Waals surface area contributed by atoms with E-state index in [1.807, 2.05) is 54.6 Å². The molecule has 3 aromatic rings. The summed E-state index contributed by atoms with van der Waals surface area (Å²) in [6.45, 7) is 5.24. The van der Waals surface area contributed by atoms with Crippen LogP contribution in [0, 0.1) is 0 Å². The van der Waals surface area contributed by atoms with E-state index < -0.39 is 0 Å². The van der Waals surface area contributed by atoms with Crippen LogP contribution in [0.1, 0.15) is 43.0 Å². The predicted octanol–water partition coefficient (Wildman–Crippen LogP) is 4.75. The number of nitrogens with zero attached hydrogens (tertiary/aromatic N) is 2. The summed E-state index contributed by atoms with van der Waals surface area (Å²) in [6.07, 6.45) is 4.90. The Labute approximate surface area is 190 Å². The van der Waals surface area contributed by atoms with Gasteiger partial charge in [-0.05, 0) is 68.6 Å². The van der Waals surface area contributed by atoms with Crippen LogP contribution in [-0.2, 0) is 0 Å². The Hall–Kier alpha value is -3.12. The van der Waals surface area contributed by atoms with Crippen molar-refractivity contribution in [2.75, 3.05) is 26.7 Å². The highest BCUT2D eigenvalue weighted by Crippen LogP contribution is 2.26. The lowest BCUT2D eigenvalue weighted by Gasteiger charge is -2.33. The summed E-state index contributed by atoms with van der Waals surface area (Å²) in [7, 11) is 1.65. The lowest BCUT2D eigenvalue weighted by atomic mass is 10.0. The van der Waals surface area contributed by atoms with Crippen molar-refractivity contribution >= 4 is 5.91 Å². The summed E-state index contributed by atoms with van der Waals surface area (Å²) in [5, 5.41) is 10.6. The molecule has 0 aliphatic carbocycles. The maximum Gasteiger partial charge on any atom is 0.251 e. The lowest BCUT2D eigenvalue weighted by molar-refractivity contribution is 0.0949. The predicted molar refractivity (Wildman–Crippen MR) is 128 cm³/mol. The Morgan fingerprint density at radius 3 is 2.78 bits per heavy atom. The van der Waals surface area contributed by atoms with Crippen LogP contribution in [0.3, 0.4) is 0 Å². The van der Waals surface area contributed by atoms with Crippen LogP contribution in [0.25, 0.3) is 22.5 Å². The largest absolute Gasteiger partial charge is 0.497 e. The number of aromatic amines is 1. The molecule has 2 aromatic carbocycles. The van der Waals surface area contributed by atoms with Gasteiger partial charge >= 0.3 is 0 Å². The second-order valence-electron chi connectivity index (χ2n) is 8.47. The van der Waals surface area contributed by atoms with Gasteiger partial charge in [0.25, 0.3) is 5.91 Å². The molecule has 1 fully saturated rings. The summed E-state index contributed by atoms with van der Waals surface area (Å²) in [4.78, 5) is 15.0. The molecule has 1 unspecified atom stereocenters. The normalized spacial score (nSPS) is 16.6. The van der Waals surface area contributed by atoms with E-state index in [1.54, 1.807) is 7.11 Å². The number of nitrogens with one attached hydrogen (secondary N) is 2. The van der Waals surface area contributed by atoms with Crippen LogP contribution in [0.15, 0.2) is 54.6 Å². The highest BCUT2D eigenvalue weighted by Gasteiger charge is 2.17. The summed E-state index contributed by atoms with van der Waals surface area (Å²) >= 11 is 0. The Morgan fingerprint density at radius 1 is 1.16 bits per heavy atom. The number of hydrogen-bond donors (Lipinski definition) is 2. The maximum atomic E-state index is 12.5. The standard InChI is InChI=1S/C26H32N4O2/c1-19-7-3-4-15-30(19)16-6-14-27-26(31)21-12-10-20(11-13-21)24-18-25(29-28-24)22-8-5-9-23(17-22)32-2/h5,8-13,17-19H,3-4,6-7,14-16H2,1-2H3,(H,27,31)(H,28,29). The SMILES string of the molecule is COc1cccc(-c2cc(-c3ccc(C(=O)NCCCN4CCCCC4C)cc3)[nH]n2)c1. The summed E-state index contributed by atoms with van der Waals surface area (Å²) < 4.78 is 5.30. The van der Waals surface area contributed by atoms with E-state index in [2.05, 4.69) is 27.3 Å². The molecule has 1 aliphatic rings. The van der Waals surface area contributed by atoms with Crippen molar-refractivity contribution in [1.29, 1.82) is 0 Å². The fourth-order valence-electron chi connectivity index (χ4n) is 4.28. The molecule has 2 N–H and O–H groups in total. The zero-order valence-electron chi connectivity index (χ0n) is 18.9. The Balaban J connectivity index is 1.31. The van der Waals surface area contributed by atoms with E-state index in [0.29, 0.717) is 18.2 Å². The third-order valence-electron chi connectivity index (χ3n) is 6.25. The van der Waals surface area contributed by atoms with Crippen molar-refractivity contribution in [3.8, 4) is 28.3 Å². The van der Waals surface area contributed by atoms with Crippen LogP contribution in [0.4, 0.5) is 0 Å². The quantitative estimate of drug-likeness (QED) is 0.504. The molecule has 0 spiro atoms. The summed E-state index contributed by atoms with van der Waals surface area (Å²) in [6, 6.07) is 18.1. The minimum Gasteiger partial charge on any atom is -0.497 e. The molecule has 1 amide bonds. The Bertz CT molecular complexity index is 1030. The molecule has 32 heavy (non-hydrogen) atoms. The zero-order chi connectivity index (χ0) is 22.3. The number of hydrogen-bond acceptors (Lipinski definition) is 4. The van der Waals surface area contributed by atoms with Gasteiger partial charge in [0.15, 0.2) is 0 Å². The number of benzene rings is 2. The number of carbonyl (C=O) groups excluding carboxylic acids is 1. The fourth-order valence-corrected chi connectivity index (χ4v) is 4.28.